The van der Waals surface area contributed by atoms with Crippen LogP contribution in [0.5, 0.6) is 0 Å². The van der Waals surface area contributed by atoms with Crippen LogP contribution in [0.1, 0.15) is 11.1 Å². The zero-order valence-electron chi connectivity index (χ0n) is 8.33. The summed E-state index contributed by atoms with van der Waals surface area (Å²) in [7, 11) is 0. The monoisotopic (exact) mass is 192 g/mol. The molecule has 0 aliphatic heterocycles. The normalized spacial score (nSPS) is 11.4. The van der Waals surface area contributed by atoms with E-state index in [0.29, 0.717) is 6.54 Å². The van der Waals surface area contributed by atoms with Gasteiger partial charge in [0.05, 0.1) is 0 Å². The lowest BCUT2D eigenvalue weighted by atomic mass is 10.1. The standard InChI is InChI=1S/C10H16N4/c1-8-4-2-3-5-9(8)6-7-13-10(11)14-12/h2-5H,6-7,12H2,1H3,(H3,11,13,14). The van der Waals surface area contributed by atoms with Crippen molar-refractivity contribution in [2.24, 2.45) is 16.6 Å². The summed E-state index contributed by atoms with van der Waals surface area (Å²) in [5.41, 5.74) is 10.3. The summed E-state index contributed by atoms with van der Waals surface area (Å²) in [5.74, 6) is 5.35. The molecule has 0 heterocycles. The molecule has 0 aliphatic rings. The van der Waals surface area contributed by atoms with E-state index in [1.807, 2.05) is 12.1 Å². The van der Waals surface area contributed by atoms with Crippen molar-refractivity contribution in [1.82, 2.24) is 5.43 Å². The summed E-state index contributed by atoms with van der Waals surface area (Å²) in [6, 6.07) is 8.23. The largest absolute Gasteiger partial charge is 0.369 e. The average molecular weight is 192 g/mol. The quantitative estimate of drug-likeness (QED) is 0.279. The predicted molar refractivity (Wildman–Crippen MR) is 58.7 cm³/mol. The first-order valence-corrected chi connectivity index (χ1v) is 4.55. The molecule has 14 heavy (non-hydrogen) atoms. The summed E-state index contributed by atoms with van der Waals surface area (Å²) in [4.78, 5) is 4.04. The highest BCUT2D eigenvalue weighted by Crippen LogP contribution is 2.07. The molecule has 0 saturated carbocycles. The zero-order chi connectivity index (χ0) is 10.4. The van der Waals surface area contributed by atoms with Crippen LogP contribution in [0, 0.1) is 6.92 Å². The van der Waals surface area contributed by atoms with E-state index in [2.05, 4.69) is 29.5 Å². The van der Waals surface area contributed by atoms with Gasteiger partial charge in [-0.05, 0) is 24.5 Å². The minimum absolute atomic E-state index is 0.276. The van der Waals surface area contributed by atoms with Crippen LogP contribution in [-0.4, -0.2) is 12.5 Å². The van der Waals surface area contributed by atoms with Crippen molar-refractivity contribution in [2.45, 2.75) is 13.3 Å². The van der Waals surface area contributed by atoms with Crippen LogP contribution in [-0.2, 0) is 6.42 Å². The van der Waals surface area contributed by atoms with Crippen molar-refractivity contribution < 1.29 is 0 Å². The molecule has 0 saturated heterocycles. The van der Waals surface area contributed by atoms with Crippen LogP contribution in [0.15, 0.2) is 29.3 Å². The van der Waals surface area contributed by atoms with Gasteiger partial charge in [-0.1, -0.05) is 24.3 Å². The molecule has 0 aromatic heterocycles. The predicted octanol–water partition coefficient (Wildman–Crippen LogP) is 0.316. The number of hydrazine groups is 1. The van der Waals surface area contributed by atoms with Crippen LogP contribution in [0.4, 0.5) is 0 Å². The van der Waals surface area contributed by atoms with E-state index in [1.165, 1.54) is 11.1 Å². The SMILES string of the molecule is Cc1ccccc1CCN=C(N)NN. The van der Waals surface area contributed by atoms with Crippen molar-refractivity contribution in [3.63, 3.8) is 0 Å². The van der Waals surface area contributed by atoms with Gasteiger partial charge in [0, 0.05) is 6.54 Å². The molecule has 0 bridgehead atoms. The molecule has 1 rings (SSSR count). The molecule has 4 heteroatoms. The Morgan fingerprint density at radius 3 is 2.79 bits per heavy atom. The first-order valence-electron chi connectivity index (χ1n) is 4.55. The van der Waals surface area contributed by atoms with Crippen LogP contribution in [0.2, 0.25) is 0 Å². The van der Waals surface area contributed by atoms with E-state index >= 15 is 0 Å². The lowest BCUT2D eigenvalue weighted by Gasteiger charge is -2.03. The minimum atomic E-state index is 0.276. The van der Waals surface area contributed by atoms with Gasteiger partial charge in [0.1, 0.15) is 0 Å². The first-order chi connectivity index (χ1) is 6.74. The Morgan fingerprint density at radius 2 is 2.14 bits per heavy atom. The van der Waals surface area contributed by atoms with E-state index < -0.39 is 0 Å². The molecule has 0 amide bonds. The van der Waals surface area contributed by atoms with Crippen molar-refractivity contribution in [3.8, 4) is 0 Å². The summed E-state index contributed by atoms with van der Waals surface area (Å²) >= 11 is 0. The zero-order valence-corrected chi connectivity index (χ0v) is 8.33. The van der Waals surface area contributed by atoms with E-state index in [1.54, 1.807) is 0 Å². The van der Waals surface area contributed by atoms with Crippen LogP contribution in [0.3, 0.4) is 0 Å². The molecular weight excluding hydrogens is 176 g/mol. The van der Waals surface area contributed by atoms with Gasteiger partial charge in [-0.2, -0.15) is 0 Å². The van der Waals surface area contributed by atoms with Gasteiger partial charge in [0.25, 0.3) is 0 Å². The number of hydrogen-bond donors (Lipinski definition) is 3. The molecular formula is C10H16N4. The van der Waals surface area contributed by atoms with E-state index in [-0.39, 0.29) is 5.96 Å². The Balaban J connectivity index is 2.50. The molecule has 0 aliphatic carbocycles. The highest BCUT2D eigenvalue weighted by molar-refractivity contribution is 5.77. The second kappa shape index (κ2) is 5.24. The Kier molecular flexibility index (Phi) is 3.94. The number of hydrogen-bond acceptors (Lipinski definition) is 2. The topological polar surface area (TPSA) is 76.4 Å². The number of nitrogens with two attached hydrogens (primary N) is 2. The molecule has 4 nitrogen and oxygen atoms in total. The third kappa shape index (κ3) is 3.06. The average Bonchev–Trinajstić information content (AvgIpc) is 2.20. The fourth-order valence-corrected chi connectivity index (χ4v) is 1.23. The molecule has 1 aromatic carbocycles. The van der Waals surface area contributed by atoms with E-state index in [9.17, 15) is 0 Å². The Hall–Kier alpha value is -1.55. The van der Waals surface area contributed by atoms with Gasteiger partial charge in [-0.15, -0.1) is 0 Å². The van der Waals surface area contributed by atoms with Crippen molar-refractivity contribution in [3.05, 3.63) is 35.4 Å². The smallest absolute Gasteiger partial charge is 0.203 e. The highest BCUT2D eigenvalue weighted by atomic mass is 15.3. The second-order valence-electron chi connectivity index (χ2n) is 3.09. The van der Waals surface area contributed by atoms with E-state index in [0.717, 1.165) is 6.42 Å². The minimum Gasteiger partial charge on any atom is -0.369 e. The molecule has 0 atom stereocenters. The third-order valence-corrected chi connectivity index (χ3v) is 2.07. The van der Waals surface area contributed by atoms with Crippen LogP contribution < -0.4 is 17.0 Å². The summed E-state index contributed by atoms with van der Waals surface area (Å²) in [6.07, 6.45) is 0.884. The number of nitrogens with zero attached hydrogens (tertiary/aromatic N) is 1. The molecule has 0 spiro atoms. The lowest BCUT2D eigenvalue weighted by molar-refractivity contribution is 0.918. The van der Waals surface area contributed by atoms with Gasteiger partial charge in [-0.3, -0.25) is 10.4 Å². The third-order valence-electron chi connectivity index (χ3n) is 2.07. The fraction of sp³-hybridized carbons (Fsp3) is 0.300. The maximum absolute atomic E-state index is 5.39. The molecule has 0 unspecified atom stereocenters. The molecule has 76 valence electrons. The van der Waals surface area contributed by atoms with Gasteiger partial charge < -0.3 is 5.73 Å². The second-order valence-corrected chi connectivity index (χ2v) is 3.09. The number of guanidine groups is 1. The molecule has 0 radical (unpaired) electrons. The van der Waals surface area contributed by atoms with Crippen molar-refractivity contribution in [2.75, 3.05) is 6.54 Å². The molecule has 0 fully saturated rings. The van der Waals surface area contributed by atoms with Gasteiger partial charge in [0.2, 0.25) is 5.96 Å². The first kappa shape index (κ1) is 10.5. The van der Waals surface area contributed by atoms with Crippen molar-refractivity contribution >= 4 is 5.96 Å². The number of aryl methyl sites for hydroxylation is 1. The Morgan fingerprint density at radius 1 is 1.43 bits per heavy atom. The van der Waals surface area contributed by atoms with Gasteiger partial charge in [-0.25, -0.2) is 5.84 Å². The van der Waals surface area contributed by atoms with Crippen molar-refractivity contribution in [1.29, 1.82) is 0 Å². The number of benzene rings is 1. The fourth-order valence-electron chi connectivity index (χ4n) is 1.23. The van der Waals surface area contributed by atoms with Crippen LogP contribution in [0.25, 0.3) is 0 Å². The van der Waals surface area contributed by atoms with Gasteiger partial charge in [0.15, 0.2) is 0 Å². The summed E-state index contributed by atoms with van der Waals surface area (Å²) in [6.45, 7) is 2.74. The molecule has 5 N–H and O–H groups in total. The summed E-state index contributed by atoms with van der Waals surface area (Å²) < 4.78 is 0. The Bertz CT molecular complexity index is 320. The maximum atomic E-state index is 5.39. The van der Waals surface area contributed by atoms with E-state index in [4.69, 9.17) is 11.6 Å². The summed E-state index contributed by atoms with van der Waals surface area (Å²) in [5, 5.41) is 0. The maximum Gasteiger partial charge on any atom is 0.203 e. The number of aliphatic imine (C=N–C) groups is 1. The molecule has 1 aromatic rings. The van der Waals surface area contributed by atoms with Crippen LogP contribution >= 0.6 is 0 Å². The lowest BCUT2D eigenvalue weighted by Crippen LogP contribution is -2.37. The highest BCUT2D eigenvalue weighted by Gasteiger charge is 1.95. The Labute approximate surface area is 84.0 Å². The van der Waals surface area contributed by atoms with Gasteiger partial charge >= 0.3 is 0 Å². The number of nitrogens with one attached hydrogen (secondary N) is 1. The number of rotatable bonds is 3.